The van der Waals surface area contributed by atoms with Gasteiger partial charge >= 0.3 is 0 Å². The largest absolute Gasteiger partial charge is 0.388 e. The number of aliphatic hydroxyl groups excluding tert-OH is 1. The lowest BCUT2D eigenvalue weighted by molar-refractivity contribution is 0.126. The zero-order valence-electron chi connectivity index (χ0n) is 7.54. The molecule has 0 aromatic carbocycles. The first-order valence-corrected chi connectivity index (χ1v) is 3.95. The first kappa shape index (κ1) is 10.4. The van der Waals surface area contributed by atoms with Crippen LogP contribution >= 0.6 is 0 Å². The van der Waals surface area contributed by atoms with Crippen LogP contribution in [-0.2, 0) is 0 Å². The van der Waals surface area contributed by atoms with E-state index in [-0.39, 0.29) is 5.41 Å². The van der Waals surface area contributed by atoms with E-state index < -0.39 is 6.10 Å². The molecule has 0 saturated carbocycles. The molecule has 1 N–H and O–H groups in total. The van der Waals surface area contributed by atoms with E-state index in [1.54, 1.807) is 0 Å². The Kier molecular flexibility index (Phi) is 4.12. The smallest absolute Gasteiger partial charge is 0.0809 e. The van der Waals surface area contributed by atoms with Gasteiger partial charge in [-0.3, -0.25) is 0 Å². The molecule has 0 aromatic heterocycles. The van der Waals surface area contributed by atoms with Gasteiger partial charge in [-0.25, -0.2) is 0 Å². The Hall–Kier alpha value is -0.560. The molecule has 0 fully saturated rings. The van der Waals surface area contributed by atoms with Crippen LogP contribution in [0.5, 0.6) is 0 Å². The summed E-state index contributed by atoms with van der Waals surface area (Å²) >= 11 is 0. The van der Waals surface area contributed by atoms with Gasteiger partial charge in [0.15, 0.2) is 0 Å². The number of hydrogen-bond donors (Lipinski definition) is 1. The molecule has 63 valence electrons. The summed E-state index contributed by atoms with van der Waals surface area (Å²) in [7, 11) is 0. The van der Waals surface area contributed by atoms with E-state index in [1.807, 2.05) is 26.0 Å². The van der Waals surface area contributed by atoms with E-state index in [2.05, 4.69) is 6.92 Å². The van der Waals surface area contributed by atoms with Crippen LogP contribution in [0.25, 0.3) is 0 Å². The van der Waals surface area contributed by atoms with Gasteiger partial charge < -0.3 is 5.11 Å². The molecule has 1 nitrogen and oxygen atoms in total. The van der Waals surface area contributed by atoms with Gasteiger partial charge in [0.2, 0.25) is 0 Å². The highest BCUT2D eigenvalue weighted by molar-refractivity contribution is 5.02. The average Bonchev–Trinajstić information content (AvgIpc) is 1.99. The first-order chi connectivity index (χ1) is 5.04. The van der Waals surface area contributed by atoms with Crippen LogP contribution in [0.1, 0.15) is 27.2 Å². The van der Waals surface area contributed by atoms with Gasteiger partial charge in [-0.1, -0.05) is 45.6 Å². The monoisotopic (exact) mass is 153 g/mol. The summed E-state index contributed by atoms with van der Waals surface area (Å²) in [6, 6.07) is 0. The second-order valence-electron chi connectivity index (χ2n) is 3.27. The zero-order valence-corrected chi connectivity index (χ0v) is 7.54. The lowest BCUT2D eigenvalue weighted by atomic mass is 9.86. The summed E-state index contributed by atoms with van der Waals surface area (Å²) in [4.78, 5) is 0. The van der Waals surface area contributed by atoms with Crippen molar-refractivity contribution in [1.82, 2.24) is 0 Å². The van der Waals surface area contributed by atoms with Gasteiger partial charge in [-0.15, -0.1) is 0 Å². The second-order valence-corrected chi connectivity index (χ2v) is 3.27. The molecular weight excluding hydrogens is 136 g/mol. The predicted molar refractivity (Wildman–Crippen MR) is 48.1 cm³/mol. The highest BCUT2D eigenvalue weighted by Gasteiger charge is 2.21. The molecule has 0 heterocycles. The van der Waals surface area contributed by atoms with Crippen LogP contribution in [-0.4, -0.2) is 11.2 Å². The van der Waals surface area contributed by atoms with E-state index in [1.165, 1.54) is 6.08 Å². The molecule has 0 bridgehead atoms. The highest BCUT2D eigenvalue weighted by Crippen LogP contribution is 2.23. The van der Waals surface area contributed by atoms with Gasteiger partial charge in [-0.2, -0.15) is 0 Å². The van der Waals surface area contributed by atoms with Crippen molar-refractivity contribution in [3.8, 4) is 0 Å². The fourth-order valence-electron chi connectivity index (χ4n) is 0.768. The average molecular weight is 153 g/mol. The van der Waals surface area contributed by atoms with Gasteiger partial charge in [0.05, 0.1) is 6.10 Å². The number of aliphatic hydroxyl groups is 1. The van der Waals surface area contributed by atoms with Gasteiger partial charge in [0.25, 0.3) is 0 Å². The third kappa shape index (κ3) is 3.38. The third-order valence-electron chi connectivity index (χ3n) is 1.73. The molecular formula is C10H17O. The third-order valence-corrected chi connectivity index (χ3v) is 1.73. The minimum Gasteiger partial charge on any atom is -0.388 e. The van der Waals surface area contributed by atoms with Crippen LogP contribution < -0.4 is 0 Å². The fraction of sp³-hybridized carbons (Fsp3) is 0.600. The second kappa shape index (κ2) is 4.35. The van der Waals surface area contributed by atoms with Gasteiger partial charge in [0.1, 0.15) is 0 Å². The molecule has 0 rings (SSSR count). The Labute approximate surface area is 69.4 Å². The molecule has 11 heavy (non-hydrogen) atoms. The zero-order chi connectivity index (χ0) is 8.91. The maximum atomic E-state index is 9.38. The van der Waals surface area contributed by atoms with Crippen LogP contribution in [0, 0.1) is 12.0 Å². The summed E-state index contributed by atoms with van der Waals surface area (Å²) in [6.07, 6.45) is 5.76. The Morgan fingerprint density at radius 2 is 2.09 bits per heavy atom. The Balaban J connectivity index is 4.19. The van der Waals surface area contributed by atoms with Crippen molar-refractivity contribution in [2.45, 2.75) is 33.3 Å². The maximum Gasteiger partial charge on any atom is 0.0809 e. The lowest BCUT2D eigenvalue weighted by Gasteiger charge is -2.24. The van der Waals surface area contributed by atoms with Crippen LogP contribution in [0.15, 0.2) is 18.2 Å². The SMILES string of the molecule is [CH]=CC(O)C(C)(C)/C=C\CC. The van der Waals surface area contributed by atoms with E-state index in [0.717, 1.165) is 6.42 Å². The summed E-state index contributed by atoms with van der Waals surface area (Å²) in [5.41, 5.74) is -0.245. The van der Waals surface area contributed by atoms with Crippen LogP contribution in [0.4, 0.5) is 0 Å². The molecule has 1 unspecified atom stereocenters. The maximum absolute atomic E-state index is 9.38. The first-order valence-electron chi connectivity index (χ1n) is 3.95. The van der Waals surface area contributed by atoms with Crippen LogP contribution in [0.3, 0.4) is 0 Å². The lowest BCUT2D eigenvalue weighted by Crippen LogP contribution is -2.24. The van der Waals surface area contributed by atoms with Crippen molar-refractivity contribution in [3.63, 3.8) is 0 Å². The number of allylic oxidation sites excluding steroid dienone is 1. The van der Waals surface area contributed by atoms with Crippen molar-refractivity contribution in [2.75, 3.05) is 0 Å². The van der Waals surface area contributed by atoms with Crippen molar-refractivity contribution in [3.05, 3.63) is 24.8 Å². The topological polar surface area (TPSA) is 20.2 Å². The Morgan fingerprint density at radius 1 is 1.55 bits per heavy atom. The number of rotatable bonds is 4. The summed E-state index contributed by atoms with van der Waals surface area (Å²) < 4.78 is 0. The van der Waals surface area contributed by atoms with Gasteiger partial charge in [-0.05, 0) is 6.42 Å². The van der Waals surface area contributed by atoms with Crippen LogP contribution in [0.2, 0.25) is 0 Å². The van der Waals surface area contributed by atoms with Gasteiger partial charge in [0, 0.05) is 5.41 Å². The summed E-state index contributed by atoms with van der Waals surface area (Å²) in [5, 5.41) is 9.38. The fourth-order valence-corrected chi connectivity index (χ4v) is 0.768. The molecule has 0 spiro atoms. The minimum absolute atomic E-state index is 0.245. The molecule has 0 amide bonds. The Morgan fingerprint density at radius 3 is 2.45 bits per heavy atom. The molecule has 1 radical (unpaired) electrons. The van der Waals surface area contributed by atoms with E-state index in [4.69, 9.17) is 6.58 Å². The molecule has 1 heteroatoms. The summed E-state index contributed by atoms with van der Waals surface area (Å²) in [5.74, 6) is 0. The molecule has 0 aromatic rings. The normalized spacial score (nSPS) is 15.3. The standard InChI is InChI=1S/C10H17O/c1-5-7-8-10(3,4)9(11)6-2/h2,6-9,11H,5H2,1,3-4H3/b6-2?,8-7-. The van der Waals surface area contributed by atoms with E-state index in [9.17, 15) is 5.11 Å². The van der Waals surface area contributed by atoms with Crippen molar-refractivity contribution >= 4 is 0 Å². The van der Waals surface area contributed by atoms with E-state index in [0.29, 0.717) is 0 Å². The molecule has 0 aliphatic heterocycles. The highest BCUT2D eigenvalue weighted by atomic mass is 16.3. The van der Waals surface area contributed by atoms with Crippen molar-refractivity contribution < 1.29 is 5.11 Å². The molecule has 0 saturated heterocycles. The molecule has 0 aliphatic rings. The van der Waals surface area contributed by atoms with Crippen molar-refractivity contribution in [1.29, 1.82) is 0 Å². The number of hydrogen-bond acceptors (Lipinski definition) is 1. The Bertz CT molecular complexity index is 145. The summed E-state index contributed by atoms with van der Waals surface area (Å²) in [6.45, 7) is 11.2. The molecule has 1 atom stereocenters. The molecule has 0 aliphatic carbocycles. The van der Waals surface area contributed by atoms with Crippen molar-refractivity contribution in [2.24, 2.45) is 5.41 Å². The van der Waals surface area contributed by atoms with E-state index >= 15 is 0 Å². The quantitative estimate of drug-likeness (QED) is 0.614. The predicted octanol–water partition coefficient (Wildman–Crippen LogP) is 2.33. The minimum atomic E-state index is -0.565.